The number of hydrogen-bond acceptors (Lipinski definition) is 4. The van der Waals surface area contributed by atoms with Gasteiger partial charge in [-0.3, -0.25) is 9.69 Å². The van der Waals surface area contributed by atoms with Gasteiger partial charge >= 0.3 is 0 Å². The Balaban J connectivity index is 1.55. The van der Waals surface area contributed by atoms with Crippen LogP contribution in [0.3, 0.4) is 0 Å². The van der Waals surface area contributed by atoms with Gasteiger partial charge in [0, 0.05) is 37.1 Å². The molecule has 0 aromatic rings. The molecule has 22 heavy (non-hydrogen) atoms. The first-order chi connectivity index (χ1) is 10.7. The summed E-state index contributed by atoms with van der Waals surface area (Å²) in [6.07, 6.45) is 9.65. The second-order valence-electron chi connectivity index (χ2n) is 7.39. The Hall–Kier alpha value is -0.650. The number of amides is 1. The van der Waals surface area contributed by atoms with Gasteiger partial charge in [-0.15, -0.1) is 0 Å². The zero-order valence-corrected chi connectivity index (χ0v) is 13.7. The largest absolute Gasteiger partial charge is 0.379 e. The fourth-order valence-corrected chi connectivity index (χ4v) is 4.52. The minimum absolute atomic E-state index is 0.0962. The van der Waals surface area contributed by atoms with Crippen LogP contribution in [0, 0.1) is 0 Å². The SMILES string of the molecule is NC1CCC(NC(=O)CC2(N3CCOCC3)CCCC2)CC1. The first-order valence-corrected chi connectivity index (χ1v) is 9.06. The van der Waals surface area contributed by atoms with Crippen molar-refractivity contribution < 1.29 is 9.53 Å². The van der Waals surface area contributed by atoms with Crippen LogP contribution >= 0.6 is 0 Å². The second-order valence-corrected chi connectivity index (χ2v) is 7.39. The Kier molecular flexibility index (Phi) is 5.37. The molecule has 0 atom stereocenters. The Bertz CT molecular complexity index is 368. The molecule has 0 aromatic carbocycles. The third kappa shape index (κ3) is 3.81. The highest BCUT2D eigenvalue weighted by Gasteiger charge is 2.41. The number of carbonyl (C=O) groups is 1. The Labute approximate surface area is 133 Å². The van der Waals surface area contributed by atoms with Gasteiger partial charge in [0.1, 0.15) is 0 Å². The number of nitrogens with zero attached hydrogens (tertiary/aromatic N) is 1. The molecule has 2 aliphatic carbocycles. The van der Waals surface area contributed by atoms with Crippen molar-refractivity contribution in [3.8, 4) is 0 Å². The molecular weight excluding hydrogens is 278 g/mol. The van der Waals surface area contributed by atoms with E-state index in [0.29, 0.717) is 18.5 Å². The highest BCUT2D eigenvalue weighted by molar-refractivity contribution is 5.77. The molecule has 0 unspecified atom stereocenters. The lowest BCUT2D eigenvalue weighted by molar-refractivity contribution is -0.126. The highest BCUT2D eigenvalue weighted by atomic mass is 16.5. The van der Waals surface area contributed by atoms with Gasteiger partial charge in [0.05, 0.1) is 13.2 Å². The first kappa shape index (κ1) is 16.2. The maximum absolute atomic E-state index is 12.6. The van der Waals surface area contributed by atoms with Crippen LogP contribution in [0.4, 0.5) is 0 Å². The standard InChI is InChI=1S/C17H31N3O2/c18-14-3-5-15(6-4-14)19-16(21)13-17(7-1-2-8-17)20-9-11-22-12-10-20/h14-15H,1-13,18H2,(H,19,21). The lowest BCUT2D eigenvalue weighted by Gasteiger charge is -2.43. The van der Waals surface area contributed by atoms with Crippen LogP contribution in [0.5, 0.6) is 0 Å². The summed E-state index contributed by atoms with van der Waals surface area (Å²) in [5.74, 6) is 0.244. The van der Waals surface area contributed by atoms with Gasteiger partial charge in [-0.1, -0.05) is 12.8 Å². The number of morpholine rings is 1. The summed E-state index contributed by atoms with van der Waals surface area (Å²) in [7, 11) is 0. The molecular formula is C17H31N3O2. The van der Waals surface area contributed by atoms with E-state index in [1.54, 1.807) is 0 Å². The van der Waals surface area contributed by atoms with Gasteiger partial charge in [0.2, 0.25) is 5.91 Å². The van der Waals surface area contributed by atoms with E-state index in [0.717, 1.165) is 64.8 Å². The van der Waals surface area contributed by atoms with E-state index in [1.807, 2.05) is 0 Å². The predicted molar refractivity (Wildman–Crippen MR) is 86.6 cm³/mol. The predicted octanol–water partition coefficient (Wildman–Crippen LogP) is 1.41. The summed E-state index contributed by atoms with van der Waals surface area (Å²) in [5, 5.41) is 3.28. The van der Waals surface area contributed by atoms with E-state index in [-0.39, 0.29) is 11.4 Å². The van der Waals surface area contributed by atoms with E-state index in [2.05, 4.69) is 10.2 Å². The minimum Gasteiger partial charge on any atom is -0.379 e. The third-order valence-electron chi connectivity index (χ3n) is 5.84. The van der Waals surface area contributed by atoms with Gasteiger partial charge in [-0.05, 0) is 38.5 Å². The van der Waals surface area contributed by atoms with Crippen molar-refractivity contribution in [3.05, 3.63) is 0 Å². The first-order valence-electron chi connectivity index (χ1n) is 9.06. The number of hydrogen-bond donors (Lipinski definition) is 2. The van der Waals surface area contributed by atoms with E-state index >= 15 is 0 Å². The summed E-state index contributed by atoms with van der Waals surface area (Å²) in [6, 6.07) is 0.679. The number of nitrogens with two attached hydrogens (primary N) is 1. The Morgan fingerprint density at radius 3 is 2.41 bits per heavy atom. The van der Waals surface area contributed by atoms with Gasteiger partial charge < -0.3 is 15.8 Å². The quantitative estimate of drug-likeness (QED) is 0.824. The minimum atomic E-state index is 0.0962. The van der Waals surface area contributed by atoms with Crippen LogP contribution in [-0.4, -0.2) is 54.7 Å². The maximum Gasteiger partial charge on any atom is 0.222 e. The molecule has 1 saturated heterocycles. The second kappa shape index (κ2) is 7.28. The summed E-state index contributed by atoms with van der Waals surface area (Å²) >= 11 is 0. The molecule has 3 fully saturated rings. The van der Waals surface area contributed by atoms with Crippen molar-refractivity contribution in [2.75, 3.05) is 26.3 Å². The van der Waals surface area contributed by atoms with E-state index in [9.17, 15) is 4.79 Å². The molecule has 0 aromatic heterocycles. The summed E-state index contributed by atoms with van der Waals surface area (Å²) < 4.78 is 5.49. The van der Waals surface area contributed by atoms with Crippen molar-refractivity contribution in [1.29, 1.82) is 0 Å². The molecule has 5 nitrogen and oxygen atoms in total. The zero-order chi connectivity index (χ0) is 15.4. The number of ether oxygens (including phenoxy) is 1. The molecule has 0 radical (unpaired) electrons. The fourth-order valence-electron chi connectivity index (χ4n) is 4.52. The van der Waals surface area contributed by atoms with Crippen LogP contribution in [0.1, 0.15) is 57.8 Å². The number of rotatable bonds is 4. The van der Waals surface area contributed by atoms with E-state index < -0.39 is 0 Å². The molecule has 1 aliphatic heterocycles. The van der Waals surface area contributed by atoms with Crippen LogP contribution < -0.4 is 11.1 Å². The van der Waals surface area contributed by atoms with Crippen molar-refractivity contribution >= 4 is 5.91 Å². The van der Waals surface area contributed by atoms with Crippen LogP contribution in [0.2, 0.25) is 0 Å². The van der Waals surface area contributed by atoms with Crippen molar-refractivity contribution in [3.63, 3.8) is 0 Å². The lowest BCUT2D eigenvalue weighted by Crippen LogP contribution is -2.54. The van der Waals surface area contributed by atoms with Gasteiger partial charge in [-0.25, -0.2) is 0 Å². The van der Waals surface area contributed by atoms with Gasteiger partial charge in [0.25, 0.3) is 0 Å². The average molecular weight is 309 g/mol. The van der Waals surface area contributed by atoms with E-state index in [4.69, 9.17) is 10.5 Å². The molecule has 1 amide bonds. The molecule has 1 heterocycles. The van der Waals surface area contributed by atoms with Crippen molar-refractivity contribution in [2.45, 2.75) is 75.4 Å². The Morgan fingerprint density at radius 2 is 1.77 bits per heavy atom. The van der Waals surface area contributed by atoms with Gasteiger partial charge in [-0.2, -0.15) is 0 Å². The average Bonchev–Trinajstić information content (AvgIpc) is 3.00. The zero-order valence-electron chi connectivity index (χ0n) is 13.7. The number of nitrogens with one attached hydrogen (secondary N) is 1. The third-order valence-corrected chi connectivity index (χ3v) is 5.84. The fraction of sp³-hybridized carbons (Fsp3) is 0.941. The number of carbonyl (C=O) groups excluding carboxylic acids is 1. The van der Waals surface area contributed by atoms with Crippen molar-refractivity contribution in [2.24, 2.45) is 5.73 Å². The molecule has 3 aliphatic rings. The molecule has 126 valence electrons. The summed E-state index contributed by atoms with van der Waals surface area (Å²) in [4.78, 5) is 15.1. The van der Waals surface area contributed by atoms with Crippen LogP contribution in [-0.2, 0) is 9.53 Å². The molecule has 5 heteroatoms. The van der Waals surface area contributed by atoms with Crippen LogP contribution in [0.25, 0.3) is 0 Å². The molecule has 3 rings (SSSR count). The van der Waals surface area contributed by atoms with Crippen molar-refractivity contribution in [1.82, 2.24) is 10.2 Å². The molecule has 0 bridgehead atoms. The van der Waals surface area contributed by atoms with Crippen LogP contribution in [0.15, 0.2) is 0 Å². The lowest BCUT2D eigenvalue weighted by atomic mass is 9.88. The summed E-state index contributed by atoms with van der Waals surface area (Å²) in [6.45, 7) is 3.57. The highest BCUT2D eigenvalue weighted by Crippen LogP contribution is 2.38. The molecule has 0 spiro atoms. The monoisotopic (exact) mass is 309 g/mol. The smallest absolute Gasteiger partial charge is 0.222 e. The van der Waals surface area contributed by atoms with Gasteiger partial charge in [0.15, 0.2) is 0 Å². The Morgan fingerprint density at radius 1 is 1.14 bits per heavy atom. The summed E-state index contributed by atoms with van der Waals surface area (Å²) in [5.41, 5.74) is 6.04. The van der Waals surface area contributed by atoms with E-state index in [1.165, 1.54) is 12.8 Å². The normalized spacial score (nSPS) is 32.8. The topological polar surface area (TPSA) is 67.6 Å². The molecule has 2 saturated carbocycles. The molecule has 3 N–H and O–H groups in total. The maximum atomic E-state index is 12.6.